The maximum Gasteiger partial charge on any atom is 0.316 e. The molecule has 1 aliphatic carbocycles. The van der Waals surface area contributed by atoms with Crippen LogP contribution in [0.4, 0.5) is 5.82 Å². The molecule has 0 amide bonds. The van der Waals surface area contributed by atoms with Gasteiger partial charge >= 0.3 is 5.97 Å². The molecule has 2 aliphatic rings. The number of esters is 1. The summed E-state index contributed by atoms with van der Waals surface area (Å²) in [5.41, 5.74) is 2.40. The summed E-state index contributed by atoms with van der Waals surface area (Å²) in [6, 6.07) is 11.1. The number of hydrogen-bond acceptors (Lipinski definition) is 7. The lowest BCUT2D eigenvalue weighted by Gasteiger charge is -2.29. The number of carbonyl (C=O) groups is 2. The highest BCUT2D eigenvalue weighted by molar-refractivity contribution is 5.97. The number of rotatable bonds is 6. The molecule has 0 spiro atoms. The number of ether oxygens (including phenoxy) is 2. The number of Topliss-reactive ketones (excluding diaryl/α,β-unsaturated/α-hetero) is 1. The second-order valence-electron chi connectivity index (χ2n) is 8.06. The number of benzene rings is 1. The number of morpholine rings is 1. The van der Waals surface area contributed by atoms with Crippen LogP contribution in [0.15, 0.2) is 42.6 Å². The lowest BCUT2D eigenvalue weighted by atomic mass is 9.94. The van der Waals surface area contributed by atoms with Gasteiger partial charge in [-0.1, -0.05) is 24.3 Å². The lowest BCUT2D eigenvalue weighted by molar-refractivity contribution is -0.143. The fourth-order valence-corrected chi connectivity index (χ4v) is 4.23. The Morgan fingerprint density at radius 3 is 2.55 bits per heavy atom. The number of ketones is 1. The van der Waals surface area contributed by atoms with E-state index >= 15 is 0 Å². The molecule has 2 aromatic heterocycles. The molecule has 0 N–H and O–H groups in total. The van der Waals surface area contributed by atoms with Gasteiger partial charge in [0.25, 0.3) is 0 Å². The molecule has 0 radical (unpaired) electrons. The van der Waals surface area contributed by atoms with Crippen molar-refractivity contribution >= 4 is 23.2 Å². The van der Waals surface area contributed by atoms with Gasteiger partial charge in [0.05, 0.1) is 44.1 Å². The number of anilines is 1. The molecule has 0 bridgehead atoms. The Hall–Kier alpha value is -3.26. The molecule has 8 nitrogen and oxygen atoms in total. The van der Waals surface area contributed by atoms with Gasteiger partial charge in [-0.05, 0) is 18.4 Å². The Bertz CT molecular complexity index is 1130. The largest absolute Gasteiger partial charge is 0.468 e. The molecule has 0 unspecified atom stereocenters. The maximum absolute atomic E-state index is 13.0. The molecule has 1 saturated heterocycles. The van der Waals surface area contributed by atoms with E-state index in [1.54, 1.807) is 22.8 Å². The predicted molar refractivity (Wildman–Crippen MR) is 113 cm³/mol. The molecule has 160 valence electrons. The van der Waals surface area contributed by atoms with Crippen molar-refractivity contribution in [3.05, 3.63) is 59.4 Å². The summed E-state index contributed by atoms with van der Waals surface area (Å²) in [6.07, 6.45) is 3.48. The summed E-state index contributed by atoms with van der Waals surface area (Å²) < 4.78 is 12.2. The molecule has 3 heterocycles. The molecule has 1 aromatic carbocycles. The third-order valence-electron chi connectivity index (χ3n) is 6.16. The van der Waals surface area contributed by atoms with Crippen LogP contribution in [-0.4, -0.2) is 59.8 Å². The van der Waals surface area contributed by atoms with Gasteiger partial charge in [-0.3, -0.25) is 9.59 Å². The first-order valence-corrected chi connectivity index (χ1v) is 10.5. The standard InChI is InChI=1S/C23H24N4O4/c1-30-22(29)23(7-8-23)17-4-2-16(3-5-17)19(28)14-18-15-21(26-10-12-31-13-11-26)27-20(25-18)6-9-24-27/h2-6,9,15H,7-8,10-14H2,1H3. The van der Waals surface area contributed by atoms with Crippen molar-refractivity contribution in [3.63, 3.8) is 0 Å². The van der Waals surface area contributed by atoms with E-state index in [9.17, 15) is 9.59 Å². The molecular weight excluding hydrogens is 396 g/mol. The Labute approximate surface area is 179 Å². The van der Waals surface area contributed by atoms with Crippen molar-refractivity contribution in [1.82, 2.24) is 14.6 Å². The van der Waals surface area contributed by atoms with Gasteiger partial charge in [-0.15, -0.1) is 0 Å². The Morgan fingerprint density at radius 2 is 1.87 bits per heavy atom. The van der Waals surface area contributed by atoms with Crippen LogP contribution in [0.2, 0.25) is 0 Å². The average Bonchev–Trinajstić information content (AvgIpc) is 3.49. The minimum Gasteiger partial charge on any atom is -0.468 e. The summed E-state index contributed by atoms with van der Waals surface area (Å²) in [4.78, 5) is 31.9. The number of hydrogen-bond donors (Lipinski definition) is 0. The fraction of sp³-hybridized carbons (Fsp3) is 0.391. The smallest absolute Gasteiger partial charge is 0.316 e. The van der Waals surface area contributed by atoms with E-state index in [0.29, 0.717) is 24.5 Å². The molecule has 2 fully saturated rings. The summed E-state index contributed by atoms with van der Waals surface area (Å²) >= 11 is 0. The molecule has 1 saturated carbocycles. The van der Waals surface area contributed by atoms with E-state index < -0.39 is 5.41 Å². The zero-order valence-corrected chi connectivity index (χ0v) is 17.4. The summed E-state index contributed by atoms with van der Waals surface area (Å²) in [5.74, 6) is 0.699. The summed E-state index contributed by atoms with van der Waals surface area (Å²) in [5, 5.41) is 4.38. The molecular formula is C23H24N4O4. The van der Waals surface area contributed by atoms with Gasteiger partial charge < -0.3 is 14.4 Å². The zero-order chi connectivity index (χ0) is 21.4. The van der Waals surface area contributed by atoms with Gasteiger partial charge in [0.1, 0.15) is 5.82 Å². The third kappa shape index (κ3) is 3.57. The van der Waals surface area contributed by atoms with Crippen molar-refractivity contribution in [3.8, 4) is 0 Å². The van der Waals surface area contributed by atoms with Crippen LogP contribution in [0.25, 0.3) is 5.65 Å². The number of methoxy groups -OCH3 is 1. The number of carbonyl (C=O) groups excluding carboxylic acids is 2. The topological polar surface area (TPSA) is 86.0 Å². The second-order valence-corrected chi connectivity index (χ2v) is 8.06. The first-order chi connectivity index (χ1) is 15.1. The predicted octanol–water partition coefficient (Wildman–Crippen LogP) is 2.20. The second kappa shape index (κ2) is 7.77. The highest BCUT2D eigenvalue weighted by Crippen LogP contribution is 2.49. The van der Waals surface area contributed by atoms with Gasteiger partial charge in [0, 0.05) is 30.8 Å². The highest BCUT2D eigenvalue weighted by Gasteiger charge is 2.52. The van der Waals surface area contributed by atoms with Crippen LogP contribution in [0.3, 0.4) is 0 Å². The van der Waals surface area contributed by atoms with Crippen LogP contribution in [0, 0.1) is 0 Å². The van der Waals surface area contributed by atoms with Crippen molar-refractivity contribution in [1.29, 1.82) is 0 Å². The third-order valence-corrected chi connectivity index (χ3v) is 6.16. The van der Waals surface area contributed by atoms with Crippen molar-refractivity contribution in [2.75, 3.05) is 38.3 Å². The normalized spacial score (nSPS) is 17.5. The number of fused-ring (bicyclic) bond motifs is 1. The Morgan fingerprint density at radius 1 is 1.13 bits per heavy atom. The van der Waals surface area contributed by atoms with Crippen molar-refractivity contribution < 1.29 is 19.1 Å². The van der Waals surface area contributed by atoms with E-state index in [-0.39, 0.29) is 18.2 Å². The molecule has 0 atom stereocenters. The minimum atomic E-state index is -0.530. The lowest BCUT2D eigenvalue weighted by Crippen LogP contribution is -2.37. The number of aromatic nitrogens is 3. The van der Waals surface area contributed by atoms with E-state index in [1.165, 1.54) is 7.11 Å². The summed E-state index contributed by atoms with van der Waals surface area (Å²) in [7, 11) is 1.41. The van der Waals surface area contributed by atoms with Gasteiger partial charge in [0.15, 0.2) is 11.4 Å². The molecule has 5 rings (SSSR count). The first kappa shape index (κ1) is 19.7. The molecule has 8 heteroatoms. The minimum absolute atomic E-state index is 0.0150. The zero-order valence-electron chi connectivity index (χ0n) is 17.4. The Balaban J connectivity index is 1.37. The SMILES string of the molecule is COC(=O)C1(c2ccc(C(=O)Cc3cc(N4CCOCC4)n4nccc4n3)cc2)CC1. The molecule has 31 heavy (non-hydrogen) atoms. The van der Waals surface area contributed by atoms with Gasteiger partial charge in [0.2, 0.25) is 0 Å². The van der Waals surface area contributed by atoms with Crippen LogP contribution in [-0.2, 0) is 26.1 Å². The molecule has 1 aliphatic heterocycles. The van der Waals surface area contributed by atoms with E-state index in [4.69, 9.17) is 9.47 Å². The van der Waals surface area contributed by atoms with Gasteiger partial charge in [-0.25, -0.2) is 4.98 Å². The van der Waals surface area contributed by atoms with Crippen LogP contribution in [0.1, 0.15) is 34.5 Å². The van der Waals surface area contributed by atoms with Crippen molar-refractivity contribution in [2.24, 2.45) is 0 Å². The monoisotopic (exact) mass is 420 g/mol. The van der Waals surface area contributed by atoms with E-state index in [2.05, 4.69) is 15.0 Å². The van der Waals surface area contributed by atoms with Gasteiger partial charge in [-0.2, -0.15) is 9.61 Å². The van der Waals surface area contributed by atoms with Crippen molar-refractivity contribution in [2.45, 2.75) is 24.7 Å². The average molecular weight is 420 g/mol. The molecule has 3 aromatic rings. The van der Waals surface area contributed by atoms with Crippen LogP contribution in [0.5, 0.6) is 0 Å². The number of nitrogens with zero attached hydrogens (tertiary/aromatic N) is 4. The Kier molecular flexibility index (Phi) is 4.94. The van der Waals surface area contributed by atoms with Crippen LogP contribution >= 0.6 is 0 Å². The van der Waals surface area contributed by atoms with Crippen LogP contribution < -0.4 is 4.90 Å². The first-order valence-electron chi connectivity index (χ1n) is 10.5. The highest BCUT2D eigenvalue weighted by atomic mass is 16.5. The van der Waals surface area contributed by atoms with E-state index in [0.717, 1.165) is 43.0 Å². The fourth-order valence-electron chi connectivity index (χ4n) is 4.23. The van der Waals surface area contributed by atoms with E-state index in [1.807, 2.05) is 24.3 Å². The summed E-state index contributed by atoms with van der Waals surface area (Å²) in [6.45, 7) is 2.88. The quantitative estimate of drug-likeness (QED) is 0.446. The maximum atomic E-state index is 13.0.